The molecule has 4 heterocycles. The van der Waals surface area contributed by atoms with Crippen LogP contribution in [0.4, 0.5) is 5.69 Å². The molecule has 1 aromatic carbocycles. The van der Waals surface area contributed by atoms with Crippen molar-refractivity contribution in [2.45, 2.75) is 37.8 Å². The van der Waals surface area contributed by atoms with Crippen LogP contribution in [-0.4, -0.2) is 82.1 Å². The standard InChI is InChI=1S/C28H29N3O9/c1-13-10-16(14(2)40-13)23(32)31-19(24(33)37-5)12-28-17-11-15(36-4)8-9-18(17)30(3)22(28)20(25(34)38-6)21(26(35)39-7)29-27(28)31/h8-11,19,22H,12H2,1-7H3/t19?,22?,28-/m0/s1. The summed E-state index contributed by atoms with van der Waals surface area (Å²) >= 11 is 0. The predicted molar refractivity (Wildman–Crippen MR) is 140 cm³/mol. The molecule has 1 spiro atoms. The quantitative estimate of drug-likeness (QED) is 0.401. The number of aliphatic imine (C=N–C) groups is 1. The van der Waals surface area contributed by atoms with Crippen molar-refractivity contribution in [2.24, 2.45) is 4.99 Å². The second-order valence-corrected chi connectivity index (χ2v) is 9.79. The smallest absolute Gasteiger partial charge is 0.357 e. The zero-order valence-corrected chi connectivity index (χ0v) is 23.2. The largest absolute Gasteiger partial charge is 0.497 e. The van der Waals surface area contributed by atoms with Gasteiger partial charge in [0.05, 0.1) is 51.0 Å². The number of ether oxygens (including phenoxy) is 4. The molecular weight excluding hydrogens is 522 g/mol. The SMILES string of the molecule is COC(=O)C1=C(C(=O)OC)C2N(C)c3ccc(OC)cc3[C@@]23CC(C(=O)OC)N(C(=O)c2cc(C)oc2C)C3=N1. The molecule has 5 rings (SSSR count). The van der Waals surface area contributed by atoms with Crippen LogP contribution in [0, 0.1) is 13.8 Å². The second-order valence-electron chi connectivity index (χ2n) is 9.79. The highest BCUT2D eigenvalue weighted by atomic mass is 16.5. The number of furan rings is 1. The first-order valence-electron chi connectivity index (χ1n) is 12.4. The minimum Gasteiger partial charge on any atom is -0.497 e. The Balaban J connectivity index is 1.87. The third-order valence-corrected chi connectivity index (χ3v) is 7.87. The zero-order valence-electron chi connectivity index (χ0n) is 23.2. The lowest BCUT2D eigenvalue weighted by Crippen LogP contribution is -2.55. The first-order chi connectivity index (χ1) is 19.0. The number of carbonyl (C=O) groups excluding carboxylic acids is 4. The summed E-state index contributed by atoms with van der Waals surface area (Å²) in [6.07, 6.45) is 0.00422. The third-order valence-electron chi connectivity index (χ3n) is 7.87. The highest BCUT2D eigenvalue weighted by Gasteiger charge is 2.67. The summed E-state index contributed by atoms with van der Waals surface area (Å²) in [7, 11) is 6.87. The molecule has 1 fully saturated rings. The van der Waals surface area contributed by atoms with E-state index in [1.807, 2.05) is 11.0 Å². The molecule has 0 saturated carbocycles. The molecule has 12 nitrogen and oxygen atoms in total. The van der Waals surface area contributed by atoms with Gasteiger partial charge >= 0.3 is 17.9 Å². The lowest BCUT2D eigenvalue weighted by Gasteiger charge is -2.39. The summed E-state index contributed by atoms with van der Waals surface area (Å²) in [5.74, 6) is -1.46. The van der Waals surface area contributed by atoms with E-state index in [1.165, 1.54) is 26.2 Å². The van der Waals surface area contributed by atoms with Crippen molar-refractivity contribution in [3.63, 3.8) is 0 Å². The van der Waals surface area contributed by atoms with Gasteiger partial charge in [0.2, 0.25) is 0 Å². The van der Waals surface area contributed by atoms with Crippen molar-refractivity contribution >= 4 is 35.3 Å². The molecule has 2 unspecified atom stereocenters. The van der Waals surface area contributed by atoms with Gasteiger partial charge in [0.15, 0.2) is 5.70 Å². The van der Waals surface area contributed by atoms with Gasteiger partial charge in [0.25, 0.3) is 5.91 Å². The molecule has 12 heteroatoms. The number of benzene rings is 1. The average molecular weight is 552 g/mol. The number of nitrogens with zero attached hydrogens (tertiary/aromatic N) is 3. The van der Waals surface area contributed by atoms with Crippen molar-refractivity contribution in [2.75, 3.05) is 40.4 Å². The molecule has 210 valence electrons. The van der Waals surface area contributed by atoms with Crippen molar-refractivity contribution < 1.29 is 42.5 Å². The minimum absolute atomic E-state index is 0.00422. The molecule has 0 N–H and O–H groups in total. The van der Waals surface area contributed by atoms with Crippen LogP contribution in [0.15, 0.2) is 44.9 Å². The van der Waals surface area contributed by atoms with Gasteiger partial charge < -0.3 is 28.3 Å². The summed E-state index contributed by atoms with van der Waals surface area (Å²) in [4.78, 5) is 61.6. The molecule has 1 saturated heterocycles. The summed E-state index contributed by atoms with van der Waals surface area (Å²) in [5, 5.41) is 0. The molecule has 3 aliphatic heterocycles. The fourth-order valence-corrected chi connectivity index (χ4v) is 6.23. The summed E-state index contributed by atoms with van der Waals surface area (Å²) in [5.41, 5.74) is -0.0424. The summed E-state index contributed by atoms with van der Waals surface area (Å²) in [6.45, 7) is 3.35. The molecule has 3 atom stereocenters. The van der Waals surface area contributed by atoms with Crippen molar-refractivity contribution in [3.8, 4) is 5.75 Å². The van der Waals surface area contributed by atoms with Crippen LogP contribution in [0.3, 0.4) is 0 Å². The van der Waals surface area contributed by atoms with Crippen molar-refractivity contribution in [3.05, 3.63) is 58.2 Å². The number of esters is 3. The van der Waals surface area contributed by atoms with Gasteiger partial charge in [0.1, 0.15) is 29.1 Å². The molecule has 3 aliphatic rings. The number of amidine groups is 1. The van der Waals surface area contributed by atoms with E-state index in [0.717, 1.165) is 7.11 Å². The first kappa shape index (κ1) is 27.0. The number of carbonyl (C=O) groups is 4. The lowest BCUT2D eigenvalue weighted by atomic mass is 9.69. The summed E-state index contributed by atoms with van der Waals surface area (Å²) in [6, 6.07) is 4.90. The molecular formula is C28H29N3O9. The minimum atomic E-state index is -1.25. The second kappa shape index (κ2) is 9.54. The van der Waals surface area contributed by atoms with Gasteiger partial charge in [-0.1, -0.05) is 0 Å². The fourth-order valence-electron chi connectivity index (χ4n) is 6.23. The number of aryl methyl sites for hydroxylation is 2. The molecule has 1 amide bonds. The Labute approximate surface area is 230 Å². The zero-order chi connectivity index (χ0) is 29.1. The normalized spacial score (nSPS) is 22.7. The van der Waals surface area contributed by atoms with Crippen LogP contribution in [0.5, 0.6) is 5.75 Å². The Hall–Kier alpha value is -4.61. The van der Waals surface area contributed by atoms with Gasteiger partial charge in [-0.3, -0.25) is 9.69 Å². The number of anilines is 1. The van der Waals surface area contributed by atoms with E-state index >= 15 is 0 Å². The molecule has 0 bridgehead atoms. The van der Waals surface area contributed by atoms with E-state index in [0.29, 0.717) is 28.5 Å². The number of likely N-dealkylation sites (tertiary alicyclic amines) is 1. The van der Waals surface area contributed by atoms with Gasteiger partial charge in [0, 0.05) is 12.7 Å². The Morgan fingerprint density at radius 3 is 2.27 bits per heavy atom. The number of methoxy groups -OCH3 is 4. The molecule has 2 aromatic rings. The van der Waals surface area contributed by atoms with Gasteiger partial charge in [-0.05, 0) is 50.1 Å². The van der Waals surface area contributed by atoms with E-state index in [-0.39, 0.29) is 29.1 Å². The number of likely N-dealkylation sites (N-methyl/N-ethyl adjacent to an activating group) is 1. The van der Waals surface area contributed by atoms with E-state index < -0.39 is 41.3 Å². The monoisotopic (exact) mass is 551 g/mol. The van der Waals surface area contributed by atoms with Crippen LogP contribution in [0.25, 0.3) is 0 Å². The van der Waals surface area contributed by atoms with E-state index in [2.05, 4.69) is 4.99 Å². The number of hydrogen-bond acceptors (Lipinski definition) is 11. The van der Waals surface area contributed by atoms with Gasteiger partial charge in [-0.25, -0.2) is 19.4 Å². The van der Waals surface area contributed by atoms with Crippen LogP contribution in [-0.2, 0) is 34.0 Å². The van der Waals surface area contributed by atoms with Gasteiger partial charge in [-0.2, -0.15) is 0 Å². The Morgan fingerprint density at radius 2 is 1.70 bits per heavy atom. The van der Waals surface area contributed by atoms with Crippen LogP contribution < -0.4 is 9.64 Å². The third kappa shape index (κ3) is 3.55. The van der Waals surface area contributed by atoms with Crippen LogP contribution in [0.1, 0.15) is 33.9 Å². The number of fused-ring (bicyclic) bond motifs is 1. The number of rotatable bonds is 5. The topological polar surface area (TPSA) is 137 Å². The Morgan fingerprint density at radius 1 is 1.00 bits per heavy atom. The maximum Gasteiger partial charge on any atom is 0.357 e. The maximum absolute atomic E-state index is 14.2. The average Bonchev–Trinajstić information content (AvgIpc) is 3.57. The van der Waals surface area contributed by atoms with Crippen molar-refractivity contribution in [1.82, 2.24) is 4.90 Å². The molecule has 1 aromatic heterocycles. The number of amides is 1. The van der Waals surface area contributed by atoms with E-state index in [1.54, 1.807) is 39.1 Å². The molecule has 0 radical (unpaired) electrons. The predicted octanol–water partition coefficient (Wildman–Crippen LogP) is 2.06. The maximum atomic E-state index is 14.2. The van der Waals surface area contributed by atoms with E-state index in [9.17, 15) is 19.2 Å². The fraction of sp³-hybridized carbons (Fsp3) is 0.393. The number of hydrogen-bond donors (Lipinski definition) is 0. The van der Waals surface area contributed by atoms with E-state index in [4.69, 9.17) is 23.4 Å². The highest BCUT2D eigenvalue weighted by Crippen LogP contribution is 2.58. The first-order valence-corrected chi connectivity index (χ1v) is 12.4. The lowest BCUT2D eigenvalue weighted by molar-refractivity contribution is -0.144. The Kier molecular flexibility index (Phi) is 6.43. The summed E-state index contributed by atoms with van der Waals surface area (Å²) < 4.78 is 26.4. The van der Waals surface area contributed by atoms with Crippen molar-refractivity contribution in [1.29, 1.82) is 0 Å². The molecule has 40 heavy (non-hydrogen) atoms. The van der Waals surface area contributed by atoms with Crippen LogP contribution in [0.2, 0.25) is 0 Å². The Bertz CT molecular complexity index is 1520. The highest BCUT2D eigenvalue weighted by molar-refractivity contribution is 6.20. The van der Waals surface area contributed by atoms with Crippen LogP contribution >= 0.6 is 0 Å². The van der Waals surface area contributed by atoms with Gasteiger partial charge in [-0.15, -0.1) is 0 Å². The molecule has 0 aliphatic carbocycles.